The topological polar surface area (TPSA) is 62.5 Å². The minimum Gasteiger partial charge on any atom is -0.340 e. The fraction of sp³-hybridized carbons (Fsp3) is 0.688. The zero-order valence-corrected chi connectivity index (χ0v) is 13.7. The van der Waals surface area contributed by atoms with E-state index in [1.165, 1.54) is 0 Å². The molecule has 23 heavy (non-hydrogen) atoms. The standard InChI is InChI=1S/C16H23FN4O2/c1-11(13-4-5-13)15(17)16(22)21-7-3-6-20(8-9-21)10-14-18-12(2)23-19-14/h13H,3-10H2,1-2H3. The molecule has 2 aliphatic rings. The first-order valence-corrected chi connectivity index (χ1v) is 8.21. The summed E-state index contributed by atoms with van der Waals surface area (Å²) in [6.45, 7) is 6.75. The van der Waals surface area contributed by atoms with E-state index in [2.05, 4.69) is 15.0 Å². The Balaban J connectivity index is 1.57. The van der Waals surface area contributed by atoms with E-state index in [-0.39, 0.29) is 5.92 Å². The number of allylic oxidation sites excluding steroid dienone is 1. The molecule has 1 amide bonds. The van der Waals surface area contributed by atoms with Crippen LogP contribution in [-0.2, 0) is 11.3 Å². The van der Waals surface area contributed by atoms with Crippen LogP contribution in [0.5, 0.6) is 0 Å². The van der Waals surface area contributed by atoms with Gasteiger partial charge >= 0.3 is 0 Å². The summed E-state index contributed by atoms with van der Waals surface area (Å²) in [4.78, 5) is 20.3. The highest BCUT2D eigenvalue weighted by atomic mass is 19.1. The van der Waals surface area contributed by atoms with Gasteiger partial charge in [-0.2, -0.15) is 4.98 Å². The van der Waals surface area contributed by atoms with E-state index in [1.54, 1.807) is 18.7 Å². The molecule has 1 aromatic heterocycles. The van der Waals surface area contributed by atoms with Gasteiger partial charge in [-0.3, -0.25) is 9.69 Å². The Morgan fingerprint density at radius 1 is 1.30 bits per heavy atom. The lowest BCUT2D eigenvalue weighted by Gasteiger charge is -2.21. The van der Waals surface area contributed by atoms with Crippen molar-refractivity contribution in [2.24, 2.45) is 5.92 Å². The molecule has 0 spiro atoms. The normalized spacial score (nSPS) is 21.1. The third kappa shape index (κ3) is 3.96. The highest BCUT2D eigenvalue weighted by Crippen LogP contribution is 2.38. The number of hydrogen-bond donors (Lipinski definition) is 0. The van der Waals surface area contributed by atoms with E-state index in [9.17, 15) is 9.18 Å². The fourth-order valence-corrected chi connectivity index (χ4v) is 2.94. The second kappa shape index (κ2) is 6.78. The summed E-state index contributed by atoms with van der Waals surface area (Å²) in [6, 6.07) is 0. The monoisotopic (exact) mass is 322 g/mol. The second-order valence-electron chi connectivity index (χ2n) is 6.42. The number of aryl methyl sites for hydroxylation is 1. The molecule has 6 nitrogen and oxygen atoms in total. The lowest BCUT2D eigenvalue weighted by atomic mass is 10.1. The van der Waals surface area contributed by atoms with Gasteiger partial charge in [-0.15, -0.1) is 0 Å². The van der Waals surface area contributed by atoms with Crippen LogP contribution < -0.4 is 0 Å². The van der Waals surface area contributed by atoms with Gasteiger partial charge in [-0.05, 0) is 37.7 Å². The molecule has 0 unspecified atom stereocenters. The van der Waals surface area contributed by atoms with E-state index in [0.717, 1.165) is 25.8 Å². The molecule has 1 aliphatic carbocycles. The van der Waals surface area contributed by atoms with Gasteiger partial charge in [-0.25, -0.2) is 4.39 Å². The van der Waals surface area contributed by atoms with E-state index in [1.807, 2.05) is 0 Å². The summed E-state index contributed by atoms with van der Waals surface area (Å²) in [6.07, 6.45) is 2.83. The Bertz CT molecular complexity index is 609. The predicted octanol–water partition coefficient (Wildman–Crippen LogP) is 2.07. The van der Waals surface area contributed by atoms with Crippen LogP contribution in [0.15, 0.2) is 15.9 Å². The average molecular weight is 322 g/mol. The molecule has 3 rings (SSSR count). The Labute approximate surface area is 135 Å². The van der Waals surface area contributed by atoms with Gasteiger partial charge in [0.2, 0.25) is 5.89 Å². The van der Waals surface area contributed by atoms with Gasteiger partial charge in [0.25, 0.3) is 5.91 Å². The van der Waals surface area contributed by atoms with Gasteiger partial charge in [0.05, 0.1) is 6.54 Å². The number of aromatic nitrogens is 2. The summed E-state index contributed by atoms with van der Waals surface area (Å²) in [5.74, 6) is 0.484. The molecule has 2 fully saturated rings. The van der Waals surface area contributed by atoms with Crippen LogP contribution in [0.2, 0.25) is 0 Å². The van der Waals surface area contributed by atoms with Crippen molar-refractivity contribution in [3.8, 4) is 0 Å². The predicted molar refractivity (Wildman–Crippen MR) is 82.0 cm³/mol. The molecule has 2 heterocycles. The van der Waals surface area contributed by atoms with Crippen molar-refractivity contribution in [3.05, 3.63) is 23.1 Å². The molecular weight excluding hydrogens is 299 g/mol. The molecule has 126 valence electrons. The molecule has 0 aromatic carbocycles. The first-order valence-electron chi connectivity index (χ1n) is 8.21. The first kappa shape index (κ1) is 16.1. The average Bonchev–Trinajstić information content (AvgIpc) is 3.33. The molecule has 1 saturated heterocycles. The first-order chi connectivity index (χ1) is 11.0. The maximum absolute atomic E-state index is 14.3. The summed E-state index contributed by atoms with van der Waals surface area (Å²) in [5, 5.41) is 3.90. The largest absolute Gasteiger partial charge is 0.340 e. The Hall–Kier alpha value is -1.76. The van der Waals surface area contributed by atoms with Crippen molar-refractivity contribution in [2.75, 3.05) is 26.2 Å². The number of hydrogen-bond acceptors (Lipinski definition) is 5. The smallest absolute Gasteiger partial charge is 0.282 e. The van der Waals surface area contributed by atoms with Gasteiger partial charge < -0.3 is 9.42 Å². The van der Waals surface area contributed by atoms with Gasteiger partial charge in [-0.1, -0.05) is 5.16 Å². The summed E-state index contributed by atoms with van der Waals surface area (Å²) >= 11 is 0. The number of amides is 1. The van der Waals surface area contributed by atoms with Crippen molar-refractivity contribution < 1.29 is 13.7 Å². The molecule has 1 aromatic rings. The molecule has 0 N–H and O–H groups in total. The number of carbonyl (C=O) groups is 1. The summed E-state index contributed by atoms with van der Waals surface area (Å²) in [7, 11) is 0. The Morgan fingerprint density at radius 3 is 2.74 bits per heavy atom. The molecule has 1 saturated carbocycles. The van der Waals surface area contributed by atoms with Crippen molar-refractivity contribution in [3.63, 3.8) is 0 Å². The Morgan fingerprint density at radius 2 is 2.09 bits per heavy atom. The van der Waals surface area contributed by atoms with Gasteiger partial charge in [0.1, 0.15) is 0 Å². The molecular formula is C16H23FN4O2. The summed E-state index contributed by atoms with van der Waals surface area (Å²) < 4.78 is 19.3. The number of nitrogens with zero attached hydrogens (tertiary/aromatic N) is 4. The molecule has 0 atom stereocenters. The molecule has 1 aliphatic heterocycles. The van der Waals surface area contributed by atoms with Crippen LogP contribution in [-0.4, -0.2) is 52.0 Å². The summed E-state index contributed by atoms with van der Waals surface area (Å²) in [5.41, 5.74) is 0.623. The van der Waals surface area contributed by atoms with Crippen LogP contribution in [0.1, 0.15) is 37.9 Å². The highest BCUT2D eigenvalue weighted by molar-refractivity contribution is 5.92. The van der Waals surface area contributed by atoms with Crippen molar-refractivity contribution in [1.82, 2.24) is 19.9 Å². The van der Waals surface area contributed by atoms with Crippen LogP contribution >= 0.6 is 0 Å². The van der Waals surface area contributed by atoms with Crippen LogP contribution in [0.4, 0.5) is 4.39 Å². The van der Waals surface area contributed by atoms with Gasteiger partial charge in [0.15, 0.2) is 11.7 Å². The fourth-order valence-electron chi connectivity index (χ4n) is 2.94. The lowest BCUT2D eigenvalue weighted by Crippen LogP contribution is -2.35. The van der Waals surface area contributed by atoms with Crippen molar-refractivity contribution in [1.29, 1.82) is 0 Å². The molecule has 0 radical (unpaired) electrons. The van der Waals surface area contributed by atoms with E-state index in [4.69, 9.17) is 4.52 Å². The zero-order valence-electron chi connectivity index (χ0n) is 13.7. The lowest BCUT2D eigenvalue weighted by molar-refractivity contribution is -0.128. The van der Waals surface area contributed by atoms with Crippen molar-refractivity contribution in [2.45, 2.75) is 39.7 Å². The minimum atomic E-state index is -0.547. The zero-order chi connectivity index (χ0) is 16.4. The van der Waals surface area contributed by atoms with E-state index < -0.39 is 11.7 Å². The van der Waals surface area contributed by atoms with E-state index in [0.29, 0.717) is 43.5 Å². The number of carbonyl (C=O) groups excluding carboxylic acids is 1. The SMILES string of the molecule is CC(=C(F)C(=O)N1CCCN(Cc2noc(C)n2)CC1)C1CC1. The third-order valence-electron chi connectivity index (χ3n) is 4.53. The second-order valence-corrected chi connectivity index (χ2v) is 6.42. The molecule has 0 bridgehead atoms. The maximum atomic E-state index is 14.3. The van der Waals surface area contributed by atoms with E-state index >= 15 is 0 Å². The quantitative estimate of drug-likeness (QED) is 0.794. The number of halogens is 1. The Kier molecular flexibility index (Phi) is 4.75. The van der Waals surface area contributed by atoms with Crippen LogP contribution in [0.25, 0.3) is 0 Å². The van der Waals surface area contributed by atoms with Gasteiger partial charge in [0, 0.05) is 33.1 Å². The maximum Gasteiger partial charge on any atom is 0.282 e. The highest BCUT2D eigenvalue weighted by Gasteiger charge is 2.30. The number of rotatable bonds is 4. The minimum absolute atomic E-state index is 0.281. The van der Waals surface area contributed by atoms with Crippen LogP contribution in [0, 0.1) is 12.8 Å². The van der Waals surface area contributed by atoms with Crippen LogP contribution in [0.3, 0.4) is 0 Å². The molecule has 7 heteroatoms. The third-order valence-corrected chi connectivity index (χ3v) is 4.53. The van der Waals surface area contributed by atoms with Crippen molar-refractivity contribution >= 4 is 5.91 Å².